The van der Waals surface area contributed by atoms with E-state index in [1.165, 1.54) is 0 Å². The van der Waals surface area contributed by atoms with Crippen LogP contribution in [0.25, 0.3) is 0 Å². The Labute approximate surface area is 96.7 Å². The minimum Gasteiger partial charge on any atom is -0.340 e. The Morgan fingerprint density at radius 1 is 1.40 bits per heavy atom. The molecule has 0 aliphatic rings. The van der Waals surface area contributed by atoms with Gasteiger partial charge in [-0.05, 0) is 12.5 Å². The molecule has 1 atom stereocenters. The summed E-state index contributed by atoms with van der Waals surface area (Å²) in [6.07, 6.45) is 0. The summed E-state index contributed by atoms with van der Waals surface area (Å²) >= 11 is 0. The molecule has 0 saturated heterocycles. The fraction of sp³-hybridized carbons (Fsp3) is 0.364. The van der Waals surface area contributed by atoms with Gasteiger partial charge in [-0.3, -0.25) is 4.79 Å². The molecule has 0 aliphatic heterocycles. The average molecular weight is 229 g/mol. The molecule has 0 bridgehead atoms. The average Bonchev–Trinajstić information content (AvgIpc) is 2.18. The van der Waals surface area contributed by atoms with Crippen molar-refractivity contribution >= 4 is 18.3 Å². The maximum atomic E-state index is 11.4. The van der Waals surface area contributed by atoms with E-state index < -0.39 is 6.04 Å². The van der Waals surface area contributed by atoms with Crippen molar-refractivity contribution in [2.24, 2.45) is 5.73 Å². The van der Waals surface area contributed by atoms with Crippen LogP contribution in [-0.2, 0) is 11.3 Å². The van der Waals surface area contributed by atoms with Gasteiger partial charge in [0, 0.05) is 13.6 Å². The van der Waals surface area contributed by atoms with Gasteiger partial charge in [0.1, 0.15) is 0 Å². The zero-order chi connectivity index (χ0) is 10.6. The van der Waals surface area contributed by atoms with Gasteiger partial charge in [-0.2, -0.15) is 0 Å². The van der Waals surface area contributed by atoms with Gasteiger partial charge >= 0.3 is 0 Å². The number of halogens is 1. The predicted molar refractivity (Wildman–Crippen MR) is 63.8 cm³/mol. The van der Waals surface area contributed by atoms with Crippen molar-refractivity contribution in [1.29, 1.82) is 0 Å². The highest BCUT2D eigenvalue weighted by atomic mass is 35.5. The zero-order valence-corrected chi connectivity index (χ0v) is 9.83. The third-order valence-electron chi connectivity index (χ3n) is 2.03. The minimum atomic E-state index is -0.427. The molecule has 0 aliphatic carbocycles. The normalized spacial score (nSPS) is 11.4. The molecule has 0 saturated carbocycles. The molecule has 1 amide bonds. The lowest BCUT2D eigenvalue weighted by Gasteiger charge is -2.19. The minimum absolute atomic E-state index is 0. The van der Waals surface area contributed by atoms with E-state index in [9.17, 15) is 4.79 Å². The zero-order valence-electron chi connectivity index (χ0n) is 9.01. The summed E-state index contributed by atoms with van der Waals surface area (Å²) in [5.74, 6) is -0.0335. The summed E-state index contributed by atoms with van der Waals surface area (Å²) in [6, 6.07) is 9.43. The number of hydrogen-bond acceptors (Lipinski definition) is 2. The van der Waals surface area contributed by atoms with E-state index in [1.807, 2.05) is 30.3 Å². The number of nitrogens with two attached hydrogens (primary N) is 1. The fourth-order valence-corrected chi connectivity index (χ4v) is 1.28. The molecule has 15 heavy (non-hydrogen) atoms. The van der Waals surface area contributed by atoms with Gasteiger partial charge in [0.25, 0.3) is 0 Å². The van der Waals surface area contributed by atoms with Gasteiger partial charge in [0.15, 0.2) is 0 Å². The molecule has 0 radical (unpaired) electrons. The van der Waals surface area contributed by atoms with Crippen LogP contribution in [0.5, 0.6) is 0 Å². The number of carbonyl (C=O) groups is 1. The van der Waals surface area contributed by atoms with E-state index in [0.29, 0.717) is 6.54 Å². The van der Waals surface area contributed by atoms with E-state index >= 15 is 0 Å². The second-order valence-electron chi connectivity index (χ2n) is 3.47. The van der Waals surface area contributed by atoms with Crippen molar-refractivity contribution in [1.82, 2.24) is 4.90 Å². The molecule has 0 heterocycles. The Morgan fingerprint density at radius 3 is 2.40 bits per heavy atom. The van der Waals surface area contributed by atoms with Crippen molar-refractivity contribution in [3.8, 4) is 0 Å². The smallest absolute Gasteiger partial charge is 0.239 e. The number of likely N-dealkylation sites (N-methyl/N-ethyl adjacent to an activating group) is 1. The maximum absolute atomic E-state index is 11.4. The lowest BCUT2D eigenvalue weighted by atomic mass is 10.2. The van der Waals surface area contributed by atoms with Crippen molar-refractivity contribution in [3.05, 3.63) is 35.9 Å². The lowest BCUT2D eigenvalue weighted by Crippen LogP contribution is -2.39. The summed E-state index contributed by atoms with van der Waals surface area (Å²) in [5, 5.41) is 0. The summed E-state index contributed by atoms with van der Waals surface area (Å²) < 4.78 is 0. The van der Waals surface area contributed by atoms with Crippen LogP contribution in [0.15, 0.2) is 30.3 Å². The topological polar surface area (TPSA) is 46.3 Å². The van der Waals surface area contributed by atoms with E-state index in [2.05, 4.69) is 0 Å². The first-order chi connectivity index (χ1) is 6.61. The molecule has 1 aromatic carbocycles. The standard InChI is InChI=1S/C11H16N2O.ClH/c1-9(12)11(14)13(2)8-10-6-4-3-5-7-10;/h3-7,9H,8,12H2,1-2H3;1H. The lowest BCUT2D eigenvalue weighted by molar-refractivity contribution is -0.131. The molecule has 0 fully saturated rings. The Hall–Kier alpha value is -1.06. The number of hydrogen-bond donors (Lipinski definition) is 1. The number of nitrogens with zero attached hydrogens (tertiary/aromatic N) is 1. The summed E-state index contributed by atoms with van der Waals surface area (Å²) in [7, 11) is 1.76. The molecule has 1 rings (SSSR count). The molecule has 0 spiro atoms. The van der Waals surface area contributed by atoms with Crippen molar-refractivity contribution in [3.63, 3.8) is 0 Å². The molecule has 1 unspecified atom stereocenters. The van der Waals surface area contributed by atoms with Gasteiger partial charge in [0.2, 0.25) is 5.91 Å². The van der Waals surface area contributed by atoms with Gasteiger partial charge in [0.05, 0.1) is 6.04 Å². The highest BCUT2D eigenvalue weighted by Gasteiger charge is 2.12. The van der Waals surface area contributed by atoms with E-state index in [-0.39, 0.29) is 18.3 Å². The van der Waals surface area contributed by atoms with Crippen molar-refractivity contribution < 1.29 is 4.79 Å². The van der Waals surface area contributed by atoms with Crippen LogP contribution in [0.2, 0.25) is 0 Å². The molecule has 2 N–H and O–H groups in total. The monoisotopic (exact) mass is 228 g/mol. The first-order valence-electron chi connectivity index (χ1n) is 4.65. The molecule has 1 aromatic rings. The second-order valence-corrected chi connectivity index (χ2v) is 3.47. The van der Waals surface area contributed by atoms with Crippen LogP contribution in [0.1, 0.15) is 12.5 Å². The van der Waals surface area contributed by atoms with Crippen LogP contribution in [-0.4, -0.2) is 23.9 Å². The number of rotatable bonds is 3. The van der Waals surface area contributed by atoms with E-state index in [4.69, 9.17) is 5.73 Å². The van der Waals surface area contributed by atoms with Crippen LogP contribution < -0.4 is 5.73 Å². The van der Waals surface area contributed by atoms with E-state index in [0.717, 1.165) is 5.56 Å². The maximum Gasteiger partial charge on any atom is 0.239 e. The first-order valence-corrected chi connectivity index (χ1v) is 4.65. The third-order valence-corrected chi connectivity index (χ3v) is 2.03. The molecule has 84 valence electrons. The highest BCUT2D eigenvalue weighted by Crippen LogP contribution is 2.03. The van der Waals surface area contributed by atoms with Gasteiger partial charge < -0.3 is 10.6 Å². The quantitative estimate of drug-likeness (QED) is 0.851. The highest BCUT2D eigenvalue weighted by molar-refractivity contribution is 5.85. The van der Waals surface area contributed by atoms with E-state index in [1.54, 1.807) is 18.9 Å². The largest absolute Gasteiger partial charge is 0.340 e. The predicted octanol–water partition coefficient (Wildman–Crippen LogP) is 1.41. The molecule has 3 nitrogen and oxygen atoms in total. The van der Waals surface area contributed by atoms with Crippen LogP contribution in [0.4, 0.5) is 0 Å². The molecular weight excluding hydrogens is 212 g/mol. The summed E-state index contributed by atoms with van der Waals surface area (Å²) in [4.78, 5) is 13.1. The number of carbonyl (C=O) groups excluding carboxylic acids is 1. The van der Waals surface area contributed by atoms with Crippen LogP contribution in [0.3, 0.4) is 0 Å². The van der Waals surface area contributed by atoms with Crippen molar-refractivity contribution in [2.75, 3.05) is 7.05 Å². The molecule has 4 heteroatoms. The van der Waals surface area contributed by atoms with Gasteiger partial charge in [-0.15, -0.1) is 12.4 Å². The number of amides is 1. The number of benzene rings is 1. The third kappa shape index (κ3) is 4.32. The second kappa shape index (κ2) is 6.43. The molecular formula is C11H17ClN2O. The van der Waals surface area contributed by atoms with Crippen LogP contribution >= 0.6 is 12.4 Å². The van der Waals surface area contributed by atoms with Crippen molar-refractivity contribution in [2.45, 2.75) is 19.5 Å². The SMILES string of the molecule is CC(N)C(=O)N(C)Cc1ccccc1.Cl. The Kier molecular flexibility index (Phi) is 5.97. The first kappa shape index (κ1) is 13.9. The Bertz CT molecular complexity index is 301. The Morgan fingerprint density at radius 2 is 1.93 bits per heavy atom. The van der Waals surface area contributed by atoms with Gasteiger partial charge in [-0.1, -0.05) is 30.3 Å². The Balaban J connectivity index is 0.00000196. The van der Waals surface area contributed by atoms with Crippen LogP contribution in [0, 0.1) is 0 Å². The molecule has 0 aromatic heterocycles. The fourth-order valence-electron chi connectivity index (χ4n) is 1.28. The summed E-state index contributed by atoms with van der Waals surface area (Å²) in [5.41, 5.74) is 6.61. The summed E-state index contributed by atoms with van der Waals surface area (Å²) in [6.45, 7) is 2.31. The van der Waals surface area contributed by atoms with Gasteiger partial charge in [-0.25, -0.2) is 0 Å².